The van der Waals surface area contributed by atoms with Gasteiger partial charge >= 0.3 is 6.09 Å². The van der Waals surface area contributed by atoms with E-state index in [1.807, 2.05) is 10.6 Å². The highest BCUT2D eigenvalue weighted by Gasteiger charge is 2.14. The molecule has 0 spiro atoms. The second-order valence-electron chi connectivity index (χ2n) is 6.16. The van der Waals surface area contributed by atoms with Gasteiger partial charge in [-0.25, -0.2) is 9.78 Å². The van der Waals surface area contributed by atoms with Crippen LogP contribution >= 0.6 is 22.7 Å². The minimum Gasteiger partial charge on any atom is -0.393 e. The number of nitrogens with zero attached hydrogens (tertiary/aromatic N) is 2. The van der Waals surface area contributed by atoms with E-state index in [0.29, 0.717) is 16.9 Å². The van der Waals surface area contributed by atoms with Crippen LogP contribution in [0.1, 0.15) is 24.3 Å². The van der Waals surface area contributed by atoms with Crippen molar-refractivity contribution < 1.29 is 9.53 Å². The van der Waals surface area contributed by atoms with Gasteiger partial charge in [0.05, 0.1) is 0 Å². The van der Waals surface area contributed by atoms with Crippen LogP contribution in [-0.2, 0) is 19.4 Å². The molecule has 0 atom stereocenters. The molecule has 0 saturated carbocycles. The van der Waals surface area contributed by atoms with Crippen LogP contribution in [0.2, 0.25) is 0 Å². The highest BCUT2D eigenvalue weighted by molar-refractivity contribution is 7.13. The molecule has 3 rings (SSSR count). The summed E-state index contributed by atoms with van der Waals surface area (Å²) >= 11 is 3.10. The second kappa shape index (κ2) is 8.31. The first kappa shape index (κ1) is 17.7. The molecule has 5 nitrogen and oxygen atoms in total. The van der Waals surface area contributed by atoms with Crippen LogP contribution in [0.3, 0.4) is 0 Å². The minimum atomic E-state index is -0.512. The van der Waals surface area contributed by atoms with Crippen LogP contribution < -0.4 is 10.1 Å². The van der Waals surface area contributed by atoms with Crippen molar-refractivity contribution in [1.82, 2.24) is 9.55 Å². The summed E-state index contributed by atoms with van der Waals surface area (Å²) in [7, 11) is 0. The Balaban J connectivity index is 1.70. The summed E-state index contributed by atoms with van der Waals surface area (Å²) in [5.41, 5.74) is 1.18. The largest absolute Gasteiger partial charge is 0.420 e. The van der Waals surface area contributed by atoms with Crippen LogP contribution in [0.15, 0.2) is 41.4 Å². The summed E-state index contributed by atoms with van der Waals surface area (Å²) in [4.78, 5) is 17.5. The number of carbonyl (C=O) groups is 1. The van der Waals surface area contributed by atoms with Gasteiger partial charge in [-0.05, 0) is 35.8 Å². The summed E-state index contributed by atoms with van der Waals surface area (Å²) in [6.07, 6.45) is 5.08. The topological polar surface area (TPSA) is 56.1 Å². The molecule has 1 N–H and O–H groups in total. The third-order valence-electron chi connectivity index (χ3n) is 3.58. The second-order valence-corrected chi connectivity index (χ2v) is 8.09. The molecule has 0 radical (unpaired) electrons. The number of aromatic nitrogens is 2. The number of thiophene rings is 1. The molecule has 3 heterocycles. The third kappa shape index (κ3) is 5.17. The first-order valence-corrected chi connectivity index (χ1v) is 9.96. The molecule has 7 heteroatoms. The lowest BCUT2D eigenvalue weighted by Gasteiger charge is -2.08. The van der Waals surface area contributed by atoms with Gasteiger partial charge < -0.3 is 9.30 Å². The summed E-state index contributed by atoms with van der Waals surface area (Å²) in [5.74, 6) is 1.12. The normalized spacial score (nSPS) is 11.0. The molecule has 0 bridgehead atoms. The Labute approximate surface area is 155 Å². The zero-order chi connectivity index (χ0) is 17.6. The molecule has 0 aliphatic rings. The first-order valence-electron chi connectivity index (χ1n) is 8.20. The summed E-state index contributed by atoms with van der Waals surface area (Å²) in [6.45, 7) is 5.13. The lowest BCUT2D eigenvalue weighted by atomic mass is 10.1. The van der Waals surface area contributed by atoms with Crippen molar-refractivity contribution in [2.45, 2.75) is 33.2 Å². The van der Waals surface area contributed by atoms with Crippen molar-refractivity contribution in [2.24, 2.45) is 5.92 Å². The Kier molecular flexibility index (Phi) is 5.88. The fourth-order valence-electron chi connectivity index (χ4n) is 2.57. The van der Waals surface area contributed by atoms with E-state index in [1.54, 1.807) is 22.9 Å². The average Bonchev–Trinajstić information content (AvgIpc) is 3.27. The fraction of sp³-hybridized carbons (Fsp3) is 0.333. The van der Waals surface area contributed by atoms with Crippen molar-refractivity contribution in [2.75, 3.05) is 5.32 Å². The molecular formula is C18H21N3O2S2. The highest BCUT2D eigenvalue weighted by atomic mass is 32.1. The zero-order valence-electron chi connectivity index (χ0n) is 14.3. The molecular weight excluding hydrogens is 354 g/mol. The quantitative estimate of drug-likeness (QED) is 0.628. The molecule has 3 aromatic rings. The van der Waals surface area contributed by atoms with Crippen molar-refractivity contribution in [3.8, 4) is 5.88 Å². The van der Waals surface area contributed by atoms with E-state index in [9.17, 15) is 4.79 Å². The average molecular weight is 376 g/mol. The fourth-order valence-corrected chi connectivity index (χ4v) is 3.78. The van der Waals surface area contributed by atoms with Gasteiger partial charge in [-0.1, -0.05) is 19.9 Å². The lowest BCUT2D eigenvalue weighted by molar-refractivity contribution is 0.211. The van der Waals surface area contributed by atoms with E-state index in [-0.39, 0.29) is 0 Å². The van der Waals surface area contributed by atoms with E-state index < -0.39 is 6.09 Å². The van der Waals surface area contributed by atoms with Crippen molar-refractivity contribution in [3.63, 3.8) is 0 Å². The number of carbonyl (C=O) groups excluding carboxylic acids is 1. The number of rotatable bonds is 7. The number of ether oxygens (including phenoxy) is 1. The van der Waals surface area contributed by atoms with Crippen molar-refractivity contribution >= 4 is 33.9 Å². The number of hydrogen-bond acceptors (Lipinski definition) is 5. The van der Waals surface area contributed by atoms with E-state index in [4.69, 9.17) is 4.74 Å². The molecule has 0 unspecified atom stereocenters. The van der Waals surface area contributed by atoms with Crippen molar-refractivity contribution in [1.29, 1.82) is 0 Å². The molecule has 0 aliphatic carbocycles. The van der Waals surface area contributed by atoms with Crippen LogP contribution in [-0.4, -0.2) is 15.6 Å². The van der Waals surface area contributed by atoms with Gasteiger partial charge in [0.2, 0.25) is 5.88 Å². The molecule has 25 heavy (non-hydrogen) atoms. The Morgan fingerprint density at radius 1 is 1.36 bits per heavy atom. The Morgan fingerprint density at radius 2 is 2.24 bits per heavy atom. The predicted octanol–water partition coefficient (Wildman–Crippen LogP) is 5.06. The van der Waals surface area contributed by atoms with Gasteiger partial charge in [-0.15, -0.1) is 22.7 Å². The summed E-state index contributed by atoms with van der Waals surface area (Å²) in [6, 6.07) is 6.13. The van der Waals surface area contributed by atoms with Gasteiger partial charge in [0.25, 0.3) is 0 Å². The first-order chi connectivity index (χ1) is 12.1. The van der Waals surface area contributed by atoms with Gasteiger partial charge in [0.1, 0.15) is 0 Å². The number of thiazole rings is 1. The van der Waals surface area contributed by atoms with E-state index >= 15 is 0 Å². The lowest BCUT2D eigenvalue weighted by Crippen LogP contribution is -2.18. The van der Waals surface area contributed by atoms with Crippen LogP contribution in [0, 0.1) is 5.92 Å². The van der Waals surface area contributed by atoms with Crippen LogP contribution in [0.4, 0.5) is 9.93 Å². The molecule has 3 aromatic heterocycles. The molecule has 0 aliphatic heterocycles. The standard InChI is InChI=1S/C18H21N3O2S2/c1-13(2)10-14-11-16(23-18(22)20-17-19-6-9-25-17)21(12-14)7-5-15-4-3-8-24-15/h3-4,6,8-9,11-13H,5,7,10H2,1-2H3,(H,19,20,22). The number of amides is 1. The smallest absolute Gasteiger partial charge is 0.393 e. The Morgan fingerprint density at radius 3 is 2.92 bits per heavy atom. The van der Waals surface area contributed by atoms with E-state index in [1.165, 1.54) is 21.8 Å². The SMILES string of the molecule is CC(C)Cc1cc(OC(=O)Nc2nccs2)n(CCc2cccs2)c1. The molecule has 0 aromatic carbocycles. The molecule has 1 amide bonds. The Bertz CT molecular complexity index is 793. The summed E-state index contributed by atoms with van der Waals surface area (Å²) < 4.78 is 7.55. The molecule has 0 saturated heterocycles. The highest BCUT2D eigenvalue weighted by Crippen LogP contribution is 2.22. The maximum atomic E-state index is 12.1. The minimum absolute atomic E-state index is 0.512. The van der Waals surface area contributed by atoms with Gasteiger partial charge in [0.15, 0.2) is 5.13 Å². The molecule has 0 fully saturated rings. The van der Waals surface area contributed by atoms with Gasteiger partial charge in [-0.3, -0.25) is 5.32 Å². The Hall–Kier alpha value is -2.12. The number of hydrogen-bond donors (Lipinski definition) is 1. The predicted molar refractivity (Wildman–Crippen MR) is 103 cm³/mol. The number of aryl methyl sites for hydroxylation is 2. The monoisotopic (exact) mass is 375 g/mol. The maximum absolute atomic E-state index is 12.1. The third-order valence-corrected chi connectivity index (χ3v) is 5.20. The number of anilines is 1. The van der Waals surface area contributed by atoms with Crippen LogP contribution in [0.25, 0.3) is 0 Å². The maximum Gasteiger partial charge on any atom is 0.420 e. The number of nitrogens with one attached hydrogen (secondary N) is 1. The molecule has 132 valence electrons. The van der Waals surface area contributed by atoms with E-state index in [0.717, 1.165) is 19.4 Å². The van der Waals surface area contributed by atoms with Crippen LogP contribution in [0.5, 0.6) is 5.88 Å². The van der Waals surface area contributed by atoms with E-state index in [2.05, 4.69) is 47.9 Å². The van der Waals surface area contributed by atoms with Gasteiger partial charge in [0, 0.05) is 35.3 Å². The zero-order valence-corrected chi connectivity index (χ0v) is 15.9. The van der Waals surface area contributed by atoms with Crippen molar-refractivity contribution in [3.05, 3.63) is 51.8 Å². The van der Waals surface area contributed by atoms with Gasteiger partial charge in [-0.2, -0.15) is 0 Å². The summed E-state index contributed by atoms with van der Waals surface area (Å²) in [5, 5.41) is 7.07.